The summed E-state index contributed by atoms with van der Waals surface area (Å²) in [6.07, 6.45) is -0.576. The van der Waals surface area contributed by atoms with Gasteiger partial charge in [0, 0.05) is 55.7 Å². The van der Waals surface area contributed by atoms with Crippen LogP contribution in [-0.2, 0) is 0 Å². The molecule has 9 heteroatoms. The van der Waals surface area contributed by atoms with Crippen molar-refractivity contribution in [2.75, 3.05) is 49.5 Å². The highest BCUT2D eigenvalue weighted by Crippen LogP contribution is 2.33. The van der Waals surface area contributed by atoms with Crippen LogP contribution < -0.4 is 15.0 Å². The van der Waals surface area contributed by atoms with Crippen molar-refractivity contribution in [3.8, 4) is 16.9 Å². The van der Waals surface area contributed by atoms with E-state index in [1.54, 1.807) is 11.3 Å². The predicted octanol–water partition coefficient (Wildman–Crippen LogP) is 5.30. The molecule has 192 valence electrons. The zero-order valence-corrected chi connectivity index (χ0v) is 22.3. The van der Waals surface area contributed by atoms with Crippen molar-refractivity contribution < 1.29 is 14.6 Å². The lowest BCUT2D eigenvalue weighted by Crippen LogP contribution is -2.49. The first-order chi connectivity index (χ1) is 17.9. The highest BCUT2D eigenvalue weighted by Gasteiger charge is 2.21. The van der Waals surface area contributed by atoms with Crippen LogP contribution in [0.3, 0.4) is 0 Å². The molecular formula is C28H30N4O3S2. The number of aliphatic hydroxyl groups excluding tert-OH is 1. The zero-order chi connectivity index (χ0) is 25.8. The van der Waals surface area contributed by atoms with Crippen molar-refractivity contribution in [1.29, 1.82) is 0 Å². The summed E-state index contributed by atoms with van der Waals surface area (Å²) in [5.74, 6) is 0.730. The number of aromatic nitrogens is 1. The van der Waals surface area contributed by atoms with Gasteiger partial charge in [-0.1, -0.05) is 43.0 Å². The molecule has 0 radical (unpaired) electrons. The van der Waals surface area contributed by atoms with Gasteiger partial charge in [0.25, 0.3) is 5.24 Å². The number of hydrogen-bond donors (Lipinski definition) is 3. The maximum absolute atomic E-state index is 11.6. The third-order valence-corrected chi connectivity index (χ3v) is 7.51. The van der Waals surface area contributed by atoms with Crippen LogP contribution in [0.2, 0.25) is 0 Å². The number of β-amino-alcohol motifs (C(OH)–C–C–N with tert-alkyl or cyclic N) is 1. The minimum atomic E-state index is -0.576. The van der Waals surface area contributed by atoms with Gasteiger partial charge in [0.15, 0.2) is 0 Å². The molecule has 2 heterocycles. The Morgan fingerprint density at radius 1 is 1.11 bits per heavy atom. The van der Waals surface area contributed by atoms with Crippen LogP contribution in [0, 0.1) is 6.92 Å². The number of nitrogens with zero attached hydrogens (tertiary/aromatic N) is 3. The molecule has 0 aliphatic carbocycles. The number of ether oxygens (including phenoxy) is 1. The van der Waals surface area contributed by atoms with Crippen LogP contribution in [0.1, 0.15) is 5.01 Å². The van der Waals surface area contributed by atoms with E-state index in [-0.39, 0.29) is 11.8 Å². The second-order valence-electron chi connectivity index (χ2n) is 9.14. The Kier molecular flexibility index (Phi) is 7.95. The summed E-state index contributed by atoms with van der Waals surface area (Å²) in [5, 5.41) is 14.1. The van der Waals surface area contributed by atoms with E-state index >= 15 is 0 Å². The molecule has 37 heavy (non-hydrogen) atoms. The summed E-state index contributed by atoms with van der Waals surface area (Å²) in [7, 11) is 0. The fraction of sp³-hybridized carbons (Fsp3) is 0.286. The number of aryl methyl sites for hydroxylation is 1. The van der Waals surface area contributed by atoms with Crippen LogP contribution in [0.5, 0.6) is 5.75 Å². The molecule has 3 aromatic carbocycles. The lowest BCUT2D eigenvalue weighted by molar-refractivity contribution is 0.0663. The van der Waals surface area contributed by atoms with E-state index in [0.29, 0.717) is 6.54 Å². The molecule has 1 fully saturated rings. The van der Waals surface area contributed by atoms with Crippen molar-refractivity contribution in [1.82, 2.24) is 9.88 Å². The number of anilines is 2. The Balaban J connectivity index is 1.16. The number of carbonyl (C=O) groups is 1. The van der Waals surface area contributed by atoms with Crippen LogP contribution in [0.25, 0.3) is 21.3 Å². The molecule has 0 spiro atoms. The first kappa shape index (κ1) is 25.5. The average Bonchev–Trinajstić information content (AvgIpc) is 3.28. The summed E-state index contributed by atoms with van der Waals surface area (Å²) in [6.45, 7) is 6.18. The van der Waals surface area contributed by atoms with Crippen molar-refractivity contribution in [2.45, 2.75) is 13.0 Å². The molecule has 4 aromatic rings. The molecule has 1 aromatic heterocycles. The Morgan fingerprint density at radius 3 is 2.65 bits per heavy atom. The van der Waals surface area contributed by atoms with E-state index < -0.39 is 6.10 Å². The van der Waals surface area contributed by atoms with Gasteiger partial charge in [0.2, 0.25) is 0 Å². The van der Waals surface area contributed by atoms with E-state index in [1.165, 1.54) is 0 Å². The molecule has 2 N–H and O–H groups in total. The second-order valence-corrected chi connectivity index (χ2v) is 10.8. The van der Waals surface area contributed by atoms with Gasteiger partial charge in [-0.15, -0.1) is 11.3 Å². The molecule has 1 atom stereocenters. The minimum absolute atomic E-state index is 0.244. The molecule has 5 rings (SSSR count). The summed E-state index contributed by atoms with van der Waals surface area (Å²) in [6, 6.07) is 22.0. The molecule has 1 amide bonds. The maximum Gasteiger partial charge on any atom is 0.280 e. The summed E-state index contributed by atoms with van der Waals surface area (Å²) in [4.78, 5) is 20.7. The van der Waals surface area contributed by atoms with Gasteiger partial charge in [-0.2, -0.15) is 0 Å². The number of aliphatic hydroxyl groups is 1. The summed E-state index contributed by atoms with van der Waals surface area (Å²) < 4.78 is 6.99. The van der Waals surface area contributed by atoms with Crippen molar-refractivity contribution in [3.05, 3.63) is 71.7 Å². The number of piperazine rings is 1. The number of rotatable bonds is 8. The number of amides is 1. The van der Waals surface area contributed by atoms with E-state index in [2.05, 4.69) is 38.8 Å². The molecule has 1 aliphatic heterocycles. The van der Waals surface area contributed by atoms with Crippen LogP contribution in [0.15, 0.2) is 66.7 Å². The molecular weight excluding hydrogens is 504 g/mol. The number of nitrogens with one attached hydrogen (secondary N) is 1. The predicted molar refractivity (Wildman–Crippen MR) is 154 cm³/mol. The largest absolute Gasteiger partial charge is 0.491 e. The van der Waals surface area contributed by atoms with Gasteiger partial charge in [-0.25, -0.2) is 4.98 Å². The third kappa shape index (κ3) is 6.42. The van der Waals surface area contributed by atoms with Gasteiger partial charge in [0.1, 0.15) is 18.5 Å². The van der Waals surface area contributed by atoms with Crippen molar-refractivity contribution >= 4 is 50.8 Å². The number of thiazole rings is 1. The van der Waals surface area contributed by atoms with Crippen LogP contribution >= 0.6 is 24.0 Å². The van der Waals surface area contributed by atoms with Crippen molar-refractivity contribution in [2.24, 2.45) is 0 Å². The van der Waals surface area contributed by atoms with Gasteiger partial charge >= 0.3 is 0 Å². The molecule has 1 unspecified atom stereocenters. The van der Waals surface area contributed by atoms with E-state index in [4.69, 9.17) is 4.74 Å². The first-order valence-electron chi connectivity index (χ1n) is 12.3. The number of thiol groups is 1. The molecule has 1 aliphatic rings. The fourth-order valence-corrected chi connectivity index (χ4v) is 5.58. The maximum atomic E-state index is 11.6. The van der Waals surface area contributed by atoms with E-state index in [0.717, 1.165) is 69.7 Å². The van der Waals surface area contributed by atoms with Gasteiger partial charge < -0.3 is 20.1 Å². The highest BCUT2D eigenvalue weighted by molar-refractivity contribution is 7.96. The van der Waals surface area contributed by atoms with Crippen molar-refractivity contribution in [3.63, 3.8) is 0 Å². The number of fused-ring (bicyclic) bond motifs is 1. The van der Waals surface area contributed by atoms with Gasteiger partial charge in [-0.05, 0) is 42.8 Å². The SMILES string of the molecule is Cc1nc2cc(OCC(O)CN3CCN(c4ccc(NC(=O)S)c(-c5ccccc5)c4)CC3)ccc2s1. The molecule has 0 saturated carbocycles. The quantitative estimate of drug-likeness (QED) is 0.267. The molecule has 0 bridgehead atoms. The zero-order valence-electron chi connectivity index (χ0n) is 20.6. The van der Waals surface area contributed by atoms with Gasteiger partial charge in [-0.3, -0.25) is 9.69 Å². The summed E-state index contributed by atoms with van der Waals surface area (Å²) >= 11 is 5.55. The van der Waals surface area contributed by atoms with Crippen LogP contribution in [-0.4, -0.2) is 65.7 Å². The first-order valence-corrected chi connectivity index (χ1v) is 13.6. The Hall–Kier alpha value is -3.11. The normalized spacial score (nSPS) is 15.1. The summed E-state index contributed by atoms with van der Waals surface area (Å²) in [5.41, 5.74) is 4.77. The topological polar surface area (TPSA) is 77.9 Å². The number of benzene rings is 3. The second kappa shape index (κ2) is 11.5. The van der Waals surface area contributed by atoms with E-state index in [1.807, 2.05) is 67.6 Å². The fourth-order valence-electron chi connectivity index (χ4n) is 4.65. The Bertz CT molecular complexity index is 1370. The van der Waals surface area contributed by atoms with Gasteiger partial charge in [0.05, 0.1) is 15.2 Å². The molecule has 1 saturated heterocycles. The van der Waals surface area contributed by atoms with Crippen LogP contribution in [0.4, 0.5) is 16.2 Å². The number of carbonyl (C=O) groups excluding carboxylic acids is 1. The monoisotopic (exact) mass is 534 g/mol. The number of hydrogen-bond acceptors (Lipinski definition) is 7. The average molecular weight is 535 g/mol. The standard InChI is InChI=1S/C28H30N4O3S2/c1-19-29-26-16-23(8-10-27(26)37-19)35-18-22(33)17-31-11-13-32(14-12-31)21-7-9-25(30-28(34)36)24(15-21)20-5-3-2-4-6-20/h2-10,15-16,22,33H,11-14,17-18H2,1H3,(H2,30,34,36). The Morgan fingerprint density at radius 2 is 1.89 bits per heavy atom. The highest BCUT2D eigenvalue weighted by atomic mass is 32.1. The minimum Gasteiger partial charge on any atom is -0.491 e. The third-order valence-electron chi connectivity index (χ3n) is 6.44. The van der Waals surface area contributed by atoms with E-state index in [9.17, 15) is 9.90 Å². The molecule has 7 nitrogen and oxygen atoms in total. The Labute approximate surface area is 226 Å². The smallest absolute Gasteiger partial charge is 0.280 e. The lowest BCUT2D eigenvalue weighted by Gasteiger charge is -2.37. The lowest BCUT2D eigenvalue weighted by atomic mass is 10.0.